The SMILES string of the molecule is CC(C)(C#N)N=NC(C)(C)C#N.[Li]. The van der Waals surface area contributed by atoms with Gasteiger partial charge in [0.2, 0.25) is 0 Å². The van der Waals surface area contributed by atoms with E-state index in [-0.39, 0.29) is 18.9 Å². The van der Waals surface area contributed by atoms with Gasteiger partial charge in [-0.2, -0.15) is 20.8 Å². The number of azo groups is 1. The van der Waals surface area contributed by atoms with Gasteiger partial charge in [-0.25, -0.2) is 0 Å². The second-order valence-electron chi connectivity index (χ2n) is 3.54. The van der Waals surface area contributed by atoms with Crippen molar-refractivity contribution < 1.29 is 0 Å². The molecular weight excluding hydrogens is 159 g/mol. The van der Waals surface area contributed by atoms with Crippen LogP contribution in [0.4, 0.5) is 0 Å². The summed E-state index contributed by atoms with van der Waals surface area (Å²) in [6, 6.07) is 3.94. The first kappa shape index (κ1) is 14.7. The zero-order chi connectivity index (χ0) is 9.83. The molecule has 0 saturated carbocycles. The van der Waals surface area contributed by atoms with Crippen molar-refractivity contribution in [3.05, 3.63) is 0 Å². The van der Waals surface area contributed by atoms with E-state index in [1.54, 1.807) is 27.7 Å². The van der Waals surface area contributed by atoms with Crippen molar-refractivity contribution in [3.63, 3.8) is 0 Å². The smallest absolute Gasteiger partial charge is 0.162 e. The normalized spacial score (nSPS) is 11.5. The molecule has 0 fully saturated rings. The maximum atomic E-state index is 8.58. The van der Waals surface area contributed by atoms with Crippen LogP contribution in [0.15, 0.2) is 10.2 Å². The van der Waals surface area contributed by atoms with Crippen molar-refractivity contribution in [2.24, 2.45) is 10.2 Å². The van der Waals surface area contributed by atoms with Crippen LogP contribution < -0.4 is 0 Å². The van der Waals surface area contributed by atoms with Gasteiger partial charge in [0, 0.05) is 18.9 Å². The summed E-state index contributed by atoms with van der Waals surface area (Å²) in [5, 5.41) is 24.7. The third kappa shape index (κ3) is 6.35. The molecule has 0 spiro atoms. The largest absolute Gasteiger partial charge is 0.196 e. The molecule has 5 heteroatoms. The monoisotopic (exact) mass is 171 g/mol. The van der Waals surface area contributed by atoms with Crippen LogP contribution in [-0.4, -0.2) is 29.9 Å². The summed E-state index contributed by atoms with van der Waals surface area (Å²) in [7, 11) is 0. The zero-order valence-electron chi connectivity index (χ0n) is 8.79. The first-order valence-corrected chi connectivity index (χ1v) is 3.59. The summed E-state index contributed by atoms with van der Waals surface area (Å²) in [6.45, 7) is 6.57. The molecule has 0 amide bonds. The predicted molar refractivity (Wildman–Crippen MR) is 50.0 cm³/mol. The fourth-order valence-electron chi connectivity index (χ4n) is 0.295. The topological polar surface area (TPSA) is 72.3 Å². The molecule has 0 aliphatic carbocycles. The second kappa shape index (κ2) is 5.03. The van der Waals surface area contributed by atoms with E-state index >= 15 is 0 Å². The van der Waals surface area contributed by atoms with Crippen molar-refractivity contribution in [3.8, 4) is 12.1 Å². The van der Waals surface area contributed by atoms with E-state index in [9.17, 15) is 0 Å². The Morgan fingerprint density at radius 1 is 0.846 bits per heavy atom. The van der Waals surface area contributed by atoms with Gasteiger partial charge in [-0.1, -0.05) is 0 Å². The molecule has 65 valence electrons. The van der Waals surface area contributed by atoms with Crippen molar-refractivity contribution in [1.29, 1.82) is 10.5 Å². The number of nitrogens with zero attached hydrogens (tertiary/aromatic N) is 4. The van der Waals surface area contributed by atoms with E-state index < -0.39 is 11.1 Å². The van der Waals surface area contributed by atoms with Crippen LogP contribution in [0.3, 0.4) is 0 Å². The van der Waals surface area contributed by atoms with Crippen LogP contribution >= 0.6 is 0 Å². The Morgan fingerprint density at radius 2 is 1.08 bits per heavy atom. The molecule has 4 nitrogen and oxygen atoms in total. The van der Waals surface area contributed by atoms with Crippen molar-refractivity contribution in [1.82, 2.24) is 0 Å². The van der Waals surface area contributed by atoms with Crippen molar-refractivity contribution in [2.75, 3.05) is 0 Å². The van der Waals surface area contributed by atoms with Crippen LogP contribution in [-0.2, 0) is 0 Å². The average Bonchev–Trinajstić information content (AvgIpc) is 2.02. The Labute approximate surface area is 90.8 Å². The molecule has 0 bridgehead atoms. The van der Waals surface area contributed by atoms with Crippen LogP contribution in [0, 0.1) is 22.7 Å². The minimum absolute atomic E-state index is 0. The molecule has 0 aliphatic heterocycles. The van der Waals surface area contributed by atoms with Gasteiger partial charge in [0.1, 0.15) is 0 Å². The zero-order valence-corrected chi connectivity index (χ0v) is 8.79. The second-order valence-corrected chi connectivity index (χ2v) is 3.54. The fraction of sp³-hybridized carbons (Fsp3) is 0.750. The van der Waals surface area contributed by atoms with Gasteiger partial charge in [-0.15, -0.1) is 0 Å². The maximum absolute atomic E-state index is 8.58. The van der Waals surface area contributed by atoms with E-state index in [2.05, 4.69) is 10.2 Å². The van der Waals surface area contributed by atoms with Gasteiger partial charge in [0.15, 0.2) is 11.1 Å². The Bertz CT molecular complexity index is 239. The Kier molecular flexibility index (Phi) is 5.68. The fourth-order valence-corrected chi connectivity index (χ4v) is 0.295. The van der Waals surface area contributed by atoms with Crippen LogP contribution in [0.2, 0.25) is 0 Å². The van der Waals surface area contributed by atoms with Gasteiger partial charge in [-0.3, -0.25) is 0 Å². The van der Waals surface area contributed by atoms with Crippen molar-refractivity contribution >= 4 is 18.9 Å². The van der Waals surface area contributed by atoms with Gasteiger partial charge in [-0.05, 0) is 27.7 Å². The molecule has 0 N–H and O–H groups in total. The molecule has 0 aromatic carbocycles. The maximum Gasteiger partial charge on any atom is 0.162 e. The Morgan fingerprint density at radius 3 is 1.23 bits per heavy atom. The number of nitriles is 2. The molecule has 0 unspecified atom stereocenters. The Balaban J connectivity index is 0. The summed E-state index contributed by atoms with van der Waals surface area (Å²) < 4.78 is 0. The molecule has 0 rings (SSSR count). The number of hydrogen-bond donors (Lipinski definition) is 0. The van der Waals surface area contributed by atoms with Crippen LogP contribution in [0.1, 0.15) is 27.7 Å². The van der Waals surface area contributed by atoms with Gasteiger partial charge < -0.3 is 0 Å². The minimum Gasteiger partial charge on any atom is -0.196 e. The van der Waals surface area contributed by atoms with Crippen LogP contribution in [0.5, 0.6) is 0 Å². The van der Waals surface area contributed by atoms with Gasteiger partial charge in [0.25, 0.3) is 0 Å². The third-order valence-electron chi connectivity index (χ3n) is 1.10. The third-order valence-corrected chi connectivity index (χ3v) is 1.10. The number of rotatable bonds is 2. The van der Waals surface area contributed by atoms with Crippen LogP contribution in [0.25, 0.3) is 0 Å². The standard InChI is InChI=1S/C8H12N4.Li/c1-7(2,5-9)11-12-8(3,4)6-10;/h1-4H3;. The number of hydrogen-bond acceptors (Lipinski definition) is 4. The Hall–Kier alpha value is -0.823. The van der Waals surface area contributed by atoms with Crippen molar-refractivity contribution in [2.45, 2.75) is 38.8 Å². The van der Waals surface area contributed by atoms with E-state index in [1.165, 1.54) is 0 Å². The molecule has 0 heterocycles. The van der Waals surface area contributed by atoms with E-state index in [4.69, 9.17) is 10.5 Å². The molecular formula is C8H12LiN4. The molecule has 0 atom stereocenters. The molecule has 0 aromatic heterocycles. The molecule has 1 radical (unpaired) electrons. The quantitative estimate of drug-likeness (QED) is 0.468. The minimum atomic E-state index is -0.839. The molecule has 0 saturated heterocycles. The van der Waals surface area contributed by atoms with E-state index in [0.29, 0.717) is 0 Å². The summed E-state index contributed by atoms with van der Waals surface area (Å²) in [5.74, 6) is 0. The first-order chi connectivity index (χ1) is 5.33. The first-order valence-electron chi connectivity index (χ1n) is 3.59. The summed E-state index contributed by atoms with van der Waals surface area (Å²) in [4.78, 5) is 0. The predicted octanol–water partition coefficient (Wildman–Crippen LogP) is 1.66. The molecule has 0 aliphatic rings. The van der Waals surface area contributed by atoms with E-state index in [1.807, 2.05) is 12.1 Å². The van der Waals surface area contributed by atoms with Gasteiger partial charge >= 0.3 is 0 Å². The van der Waals surface area contributed by atoms with Gasteiger partial charge in [0.05, 0.1) is 12.1 Å². The average molecular weight is 171 g/mol. The summed E-state index contributed by atoms with van der Waals surface area (Å²) >= 11 is 0. The molecule has 13 heavy (non-hydrogen) atoms. The summed E-state index contributed by atoms with van der Waals surface area (Å²) in [5.41, 5.74) is -1.68. The van der Waals surface area contributed by atoms with E-state index in [0.717, 1.165) is 0 Å². The molecule has 0 aromatic rings. The summed E-state index contributed by atoms with van der Waals surface area (Å²) in [6.07, 6.45) is 0.